The second kappa shape index (κ2) is 61.6. The maximum atomic E-state index is 13.0. The number of aliphatic hydroxyl groups excluding tert-OH is 1. The molecule has 0 saturated heterocycles. The Morgan fingerprint density at radius 2 is 0.527 bits per heavy atom. The third kappa shape index (κ3) is 65.1. The molecule has 3 unspecified atom stereocenters. The van der Waals surface area contributed by atoms with Gasteiger partial charge < -0.3 is 33.8 Å². The van der Waals surface area contributed by atoms with E-state index in [1.807, 2.05) is 0 Å². The van der Waals surface area contributed by atoms with Crippen molar-refractivity contribution in [2.24, 2.45) is 23.7 Å². The van der Waals surface area contributed by atoms with E-state index in [0.717, 1.165) is 109 Å². The van der Waals surface area contributed by atoms with Crippen LogP contribution in [0, 0.1) is 23.7 Å². The summed E-state index contributed by atoms with van der Waals surface area (Å²) >= 11 is 0. The van der Waals surface area contributed by atoms with Gasteiger partial charge in [-0.25, -0.2) is 9.13 Å². The van der Waals surface area contributed by atoms with Gasteiger partial charge in [-0.1, -0.05) is 306 Å². The van der Waals surface area contributed by atoms with E-state index < -0.39 is 97.5 Å². The van der Waals surface area contributed by atoms with Crippen molar-refractivity contribution >= 4 is 39.5 Å². The fourth-order valence-corrected chi connectivity index (χ4v) is 12.4. The fourth-order valence-electron chi connectivity index (χ4n) is 10.8. The van der Waals surface area contributed by atoms with Crippen LogP contribution in [0.15, 0.2) is 0 Å². The lowest BCUT2D eigenvalue weighted by atomic mass is 9.99. The largest absolute Gasteiger partial charge is 0.472 e. The molecule has 0 fully saturated rings. The lowest BCUT2D eigenvalue weighted by molar-refractivity contribution is -0.161. The van der Waals surface area contributed by atoms with Gasteiger partial charge in [-0.2, -0.15) is 0 Å². The van der Waals surface area contributed by atoms with E-state index in [4.69, 9.17) is 37.0 Å². The number of unbranched alkanes of at least 4 members (excludes halogenated alkanes) is 34. The molecular weight excluding hydrogens is 1200 g/mol. The Morgan fingerprint density at radius 3 is 0.780 bits per heavy atom. The van der Waals surface area contributed by atoms with Crippen LogP contribution < -0.4 is 0 Å². The lowest BCUT2D eigenvalue weighted by Gasteiger charge is -2.21. The average Bonchev–Trinajstić information content (AvgIpc) is 3.59. The highest BCUT2D eigenvalue weighted by Crippen LogP contribution is 2.45. The highest BCUT2D eigenvalue weighted by Gasteiger charge is 2.30. The van der Waals surface area contributed by atoms with E-state index >= 15 is 0 Å². The molecule has 540 valence electrons. The molecule has 0 bridgehead atoms. The molecule has 0 aliphatic heterocycles. The van der Waals surface area contributed by atoms with Gasteiger partial charge in [0.1, 0.15) is 19.3 Å². The van der Waals surface area contributed by atoms with E-state index in [1.165, 1.54) is 148 Å². The topological polar surface area (TPSA) is 237 Å². The third-order valence-corrected chi connectivity index (χ3v) is 18.8. The molecule has 0 rings (SSSR count). The van der Waals surface area contributed by atoms with Gasteiger partial charge >= 0.3 is 39.5 Å². The van der Waals surface area contributed by atoms with Gasteiger partial charge in [0.25, 0.3) is 0 Å². The van der Waals surface area contributed by atoms with Crippen molar-refractivity contribution in [2.45, 2.75) is 375 Å². The minimum absolute atomic E-state index is 0.102. The third-order valence-electron chi connectivity index (χ3n) is 16.9. The number of aliphatic hydroxyl groups is 1. The van der Waals surface area contributed by atoms with E-state index in [2.05, 4.69) is 55.4 Å². The Kier molecular flexibility index (Phi) is 60.3. The first kappa shape index (κ1) is 89.1. The summed E-state index contributed by atoms with van der Waals surface area (Å²) in [7, 11) is -9.90. The number of carbonyl (C=O) groups is 4. The number of phosphoric ester groups is 2. The van der Waals surface area contributed by atoms with E-state index in [9.17, 15) is 43.2 Å². The molecule has 6 atom stereocenters. The van der Waals surface area contributed by atoms with Gasteiger partial charge in [-0.15, -0.1) is 0 Å². The molecule has 0 spiro atoms. The zero-order valence-electron chi connectivity index (χ0n) is 59.5. The Bertz CT molecular complexity index is 1800. The number of rotatable bonds is 69. The summed E-state index contributed by atoms with van der Waals surface area (Å²) in [5.74, 6) is 0.818. The highest BCUT2D eigenvalue weighted by atomic mass is 31.2. The fraction of sp³-hybridized carbons (Fsp3) is 0.944. The molecule has 0 aromatic carbocycles. The van der Waals surface area contributed by atoms with Gasteiger partial charge in [0.05, 0.1) is 26.4 Å². The summed E-state index contributed by atoms with van der Waals surface area (Å²) in [5.41, 5.74) is 0. The zero-order valence-corrected chi connectivity index (χ0v) is 61.3. The van der Waals surface area contributed by atoms with Crippen LogP contribution in [0.1, 0.15) is 357 Å². The van der Waals surface area contributed by atoms with Crippen LogP contribution in [0.3, 0.4) is 0 Å². The van der Waals surface area contributed by atoms with Crippen LogP contribution in [0.2, 0.25) is 0 Å². The lowest BCUT2D eigenvalue weighted by Crippen LogP contribution is -2.30. The van der Waals surface area contributed by atoms with Crippen LogP contribution in [0.25, 0.3) is 0 Å². The Labute approximate surface area is 556 Å². The van der Waals surface area contributed by atoms with Crippen molar-refractivity contribution in [3.63, 3.8) is 0 Å². The summed E-state index contributed by atoms with van der Waals surface area (Å²) in [4.78, 5) is 72.4. The Balaban J connectivity index is 5.12. The second-order valence-corrected chi connectivity index (χ2v) is 30.6. The normalized spacial score (nSPS) is 14.5. The van der Waals surface area contributed by atoms with Crippen molar-refractivity contribution in [1.29, 1.82) is 0 Å². The predicted molar refractivity (Wildman–Crippen MR) is 367 cm³/mol. The molecule has 0 aliphatic carbocycles. The van der Waals surface area contributed by atoms with Crippen LogP contribution >= 0.6 is 15.6 Å². The number of esters is 4. The number of carbonyl (C=O) groups excluding carboxylic acids is 4. The molecule has 0 saturated carbocycles. The molecule has 91 heavy (non-hydrogen) atoms. The van der Waals surface area contributed by atoms with Crippen molar-refractivity contribution in [2.75, 3.05) is 39.6 Å². The molecule has 0 heterocycles. The second-order valence-electron chi connectivity index (χ2n) is 27.6. The molecule has 0 aliphatic rings. The van der Waals surface area contributed by atoms with Gasteiger partial charge in [-0.3, -0.25) is 37.3 Å². The number of hydrogen-bond donors (Lipinski definition) is 3. The summed E-state index contributed by atoms with van der Waals surface area (Å²) in [5, 5.41) is 10.6. The highest BCUT2D eigenvalue weighted by molar-refractivity contribution is 7.47. The van der Waals surface area contributed by atoms with Crippen LogP contribution in [-0.4, -0.2) is 96.7 Å². The standard InChI is InChI=1S/C72H140O17P2/c1-9-65(8)51-43-35-26-20-18-16-14-12-10-11-13-15-17-19-21-27-38-46-54-71(76)88-68(59-83-70(75)53-45-37-31-30-34-42-50-64(6)7)61-87-91(80,81)85-57-66(73)56-84-90(78,79)86-60-67(89-72(77)55-47-39-29-23-25-33-41-49-63(4)5)58-82-69(74)52-44-36-28-22-24-32-40-48-62(2)3/h62-68,73H,9-61H2,1-8H3,(H,78,79)(H,80,81)/t65?,66-,67-,68-/m1/s1. The molecular formula is C72H140O17P2. The first-order valence-electron chi connectivity index (χ1n) is 37.2. The predicted octanol–water partition coefficient (Wildman–Crippen LogP) is 20.5. The van der Waals surface area contributed by atoms with E-state index in [1.54, 1.807) is 0 Å². The SMILES string of the molecule is CCC(C)CCCCCCCCCCCCCCCCCCCCC(=O)O[C@H](COC(=O)CCCCCCCCC(C)C)COP(=O)(O)OC[C@H](O)COP(=O)(O)OC[C@@H](COC(=O)CCCCCCCCCC(C)C)OC(=O)CCCCCCCCCC(C)C. The summed E-state index contributed by atoms with van der Waals surface area (Å²) in [6.07, 6.45) is 44.9. The number of ether oxygens (including phenoxy) is 4. The average molecular weight is 1340 g/mol. The van der Waals surface area contributed by atoms with Crippen LogP contribution in [-0.2, 0) is 65.4 Å². The quantitative estimate of drug-likeness (QED) is 0.0222. The first-order chi connectivity index (χ1) is 43.6. The van der Waals surface area contributed by atoms with Gasteiger partial charge in [0, 0.05) is 25.7 Å². The summed E-state index contributed by atoms with van der Waals surface area (Å²) in [6, 6.07) is 0. The van der Waals surface area contributed by atoms with E-state index in [0.29, 0.717) is 43.4 Å². The van der Waals surface area contributed by atoms with Crippen LogP contribution in [0.4, 0.5) is 0 Å². The van der Waals surface area contributed by atoms with Crippen molar-refractivity contribution in [3.8, 4) is 0 Å². The molecule has 0 amide bonds. The summed E-state index contributed by atoms with van der Waals surface area (Å²) in [6.45, 7) is 14.0. The number of phosphoric acid groups is 2. The molecule has 17 nitrogen and oxygen atoms in total. The Morgan fingerprint density at radius 1 is 0.308 bits per heavy atom. The molecule has 0 aromatic heterocycles. The minimum Gasteiger partial charge on any atom is -0.462 e. The van der Waals surface area contributed by atoms with Crippen molar-refractivity contribution in [1.82, 2.24) is 0 Å². The van der Waals surface area contributed by atoms with Gasteiger partial charge in [0.15, 0.2) is 12.2 Å². The molecule has 0 aromatic rings. The molecule has 3 N–H and O–H groups in total. The molecule has 19 heteroatoms. The zero-order chi connectivity index (χ0) is 67.5. The molecule has 0 radical (unpaired) electrons. The Hall–Kier alpha value is -1.94. The monoisotopic (exact) mass is 1340 g/mol. The first-order valence-corrected chi connectivity index (χ1v) is 40.2. The summed E-state index contributed by atoms with van der Waals surface area (Å²) < 4.78 is 68.2. The maximum absolute atomic E-state index is 13.0. The van der Waals surface area contributed by atoms with Gasteiger partial charge in [0.2, 0.25) is 0 Å². The maximum Gasteiger partial charge on any atom is 0.472 e. The van der Waals surface area contributed by atoms with E-state index in [-0.39, 0.29) is 25.7 Å². The van der Waals surface area contributed by atoms with Gasteiger partial charge in [-0.05, 0) is 49.4 Å². The smallest absolute Gasteiger partial charge is 0.462 e. The van der Waals surface area contributed by atoms with Crippen molar-refractivity contribution < 1.29 is 80.2 Å². The number of hydrogen-bond acceptors (Lipinski definition) is 15. The minimum atomic E-state index is -4.95. The van der Waals surface area contributed by atoms with Crippen LogP contribution in [0.5, 0.6) is 0 Å². The van der Waals surface area contributed by atoms with Crippen molar-refractivity contribution in [3.05, 3.63) is 0 Å².